The van der Waals surface area contributed by atoms with Gasteiger partial charge in [0, 0.05) is 12.2 Å². The SMILES string of the molecule is CCC(O)(CC)CNC(=O)Nc1ccc(F)cc1C. The van der Waals surface area contributed by atoms with E-state index in [1.165, 1.54) is 18.2 Å². The predicted molar refractivity (Wildman–Crippen MR) is 73.7 cm³/mol. The Balaban J connectivity index is 2.56. The molecule has 0 aliphatic carbocycles. The Morgan fingerprint density at radius 2 is 2.00 bits per heavy atom. The maximum Gasteiger partial charge on any atom is 0.319 e. The van der Waals surface area contributed by atoms with Crippen LogP contribution < -0.4 is 10.6 Å². The Hall–Kier alpha value is -1.62. The first kappa shape index (κ1) is 15.4. The van der Waals surface area contributed by atoms with Gasteiger partial charge in [-0.15, -0.1) is 0 Å². The molecule has 1 rings (SSSR count). The van der Waals surface area contributed by atoms with Crippen molar-refractivity contribution < 1.29 is 14.3 Å². The number of urea groups is 1. The highest BCUT2D eigenvalue weighted by Gasteiger charge is 2.22. The van der Waals surface area contributed by atoms with Gasteiger partial charge in [0.1, 0.15) is 5.82 Å². The highest BCUT2D eigenvalue weighted by Crippen LogP contribution is 2.16. The van der Waals surface area contributed by atoms with E-state index in [1.54, 1.807) is 6.92 Å². The Bertz CT molecular complexity index is 445. The zero-order chi connectivity index (χ0) is 14.5. The molecule has 2 amide bonds. The van der Waals surface area contributed by atoms with Gasteiger partial charge in [0.15, 0.2) is 0 Å². The summed E-state index contributed by atoms with van der Waals surface area (Å²) in [5.41, 5.74) is 0.321. The summed E-state index contributed by atoms with van der Waals surface area (Å²) in [6.45, 7) is 5.64. The monoisotopic (exact) mass is 268 g/mol. The summed E-state index contributed by atoms with van der Waals surface area (Å²) in [6, 6.07) is 3.74. The fourth-order valence-electron chi connectivity index (χ4n) is 1.68. The van der Waals surface area contributed by atoms with E-state index >= 15 is 0 Å². The lowest BCUT2D eigenvalue weighted by Gasteiger charge is -2.25. The number of hydrogen-bond acceptors (Lipinski definition) is 2. The summed E-state index contributed by atoms with van der Waals surface area (Å²) >= 11 is 0. The molecule has 0 atom stereocenters. The number of amides is 2. The highest BCUT2D eigenvalue weighted by molar-refractivity contribution is 5.90. The average Bonchev–Trinajstić information content (AvgIpc) is 2.39. The zero-order valence-corrected chi connectivity index (χ0v) is 11.6. The topological polar surface area (TPSA) is 61.4 Å². The van der Waals surface area contributed by atoms with E-state index in [0.717, 1.165) is 0 Å². The molecular formula is C14H21FN2O2. The summed E-state index contributed by atoms with van der Waals surface area (Å²) in [6.07, 6.45) is 1.14. The van der Waals surface area contributed by atoms with Crippen molar-refractivity contribution in [2.45, 2.75) is 39.2 Å². The van der Waals surface area contributed by atoms with Crippen LogP contribution >= 0.6 is 0 Å². The number of benzene rings is 1. The Kier molecular flexibility index (Phi) is 5.30. The maximum absolute atomic E-state index is 12.9. The first-order valence-electron chi connectivity index (χ1n) is 6.43. The third kappa shape index (κ3) is 4.52. The molecule has 5 heteroatoms. The molecule has 1 aromatic carbocycles. The Labute approximate surface area is 113 Å². The van der Waals surface area contributed by atoms with Crippen molar-refractivity contribution in [1.82, 2.24) is 5.32 Å². The second-order valence-electron chi connectivity index (χ2n) is 4.70. The number of carbonyl (C=O) groups is 1. The van der Waals surface area contributed by atoms with Crippen molar-refractivity contribution in [3.63, 3.8) is 0 Å². The van der Waals surface area contributed by atoms with E-state index < -0.39 is 11.6 Å². The molecule has 0 radical (unpaired) electrons. The quantitative estimate of drug-likeness (QED) is 0.769. The largest absolute Gasteiger partial charge is 0.388 e. The normalized spacial score (nSPS) is 11.2. The van der Waals surface area contributed by atoms with Gasteiger partial charge >= 0.3 is 6.03 Å². The van der Waals surface area contributed by atoms with Crippen molar-refractivity contribution in [3.8, 4) is 0 Å². The molecule has 0 aliphatic heterocycles. The van der Waals surface area contributed by atoms with Crippen LogP contribution in [0.15, 0.2) is 18.2 Å². The van der Waals surface area contributed by atoms with Gasteiger partial charge in [0.05, 0.1) is 5.60 Å². The van der Waals surface area contributed by atoms with E-state index in [0.29, 0.717) is 24.1 Å². The van der Waals surface area contributed by atoms with Crippen molar-refractivity contribution in [2.24, 2.45) is 0 Å². The van der Waals surface area contributed by atoms with E-state index in [1.807, 2.05) is 13.8 Å². The fourth-order valence-corrected chi connectivity index (χ4v) is 1.68. The maximum atomic E-state index is 12.9. The molecule has 19 heavy (non-hydrogen) atoms. The van der Waals surface area contributed by atoms with Crippen molar-refractivity contribution in [1.29, 1.82) is 0 Å². The van der Waals surface area contributed by atoms with Crippen LogP contribution in [-0.4, -0.2) is 23.3 Å². The molecule has 1 aromatic rings. The van der Waals surface area contributed by atoms with Crippen LogP contribution in [0.3, 0.4) is 0 Å². The Morgan fingerprint density at radius 3 is 2.53 bits per heavy atom. The van der Waals surface area contributed by atoms with Crippen LogP contribution in [0.25, 0.3) is 0 Å². The van der Waals surface area contributed by atoms with Crippen LogP contribution in [0.2, 0.25) is 0 Å². The molecule has 0 heterocycles. The van der Waals surface area contributed by atoms with Crippen LogP contribution in [0, 0.1) is 12.7 Å². The molecule has 0 fully saturated rings. The van der Waals surface area contributed by atoms with Crippen LogP contribution in [0.5, 0.6) is 0 Å². The van der Waals surface area contributed by atoms with Crippen molar-refractivity contribution in [2.75, 3.05) is 11.9 Å². The number of anilines is 1. The smallest absolute Gasteiger partial charge is 0.319 e. The number of aliphatic hydroxyl groups is 1. The van der Waals surface area contributed by atoms with Crippen LogP contribution in [0.4, 0.5) is 14.9 Å². The van der Waals surface area contributed by atoms with Gasteiger partial charge in [-0.2, -0.15) is 0 Å². The fraction of sp³-hybridized carbons (Fsp3) is 0.500. The first-order chi connectivity index (χ1) is 8.90. The second-order valence-corrected chi connectivity index (χ2v) is 4.70. The molecule has 0 bridgehead atoms. The number of halogens is 1. The van der Waals surface area contributed by atoms with Gasteiger partial charge in [0.25, 0.3) is 0 Å². The Morgan fingerprint density at radius 1 is 1.37 bits per heavy atom. The molecule has 0 saturated carbocycles. The lowest BCUT2D eigenvalue weighted by molar-refractivity contribution is 0.0354. The van der Waals surface area contributed by atoms with Crippen molar-refractivity contribution in [3.05, 3.63) is 29.6 Å². The molecular weight excluding hydrogens is 247 g/mol. The summed E-state index contributed by atoms with van der Waals surface area (Å²) in [5.74, 6) is -0.338. The molecule has 4 nitrogen and oxygen atoms in total. The zero-order valence-electron chi connectivity index (χ0n) is 11.6. The van der Waals surface area contributed by atoms with Gasteiger partial charge in [-0.05, 0) is 43.5 Å². The molecule has 0 spiro atoms. The first-order valence-corrected chi connectivity index (χ1v) is 6.43. The second kappa shape index (κ2) is 6.52. The molecule has 0 aromatic heterocycles. The number of nitrogens with one attached hydrogen (secondary N) is 2. The summed E-state index contributed by atoms with van der Waals surface area (Å²) < 4.78 is 12.9. The number of rotatable bonds is 5. The number of hydrogen-bond donors (Lipinski definition) is 3. The third-order valence-electron chi connectivity index (χ3n) is 3.33. The van der Waals surface area contributed by atoms with E-state index in [4.69, 9.17) is 0 Å². The minimum absolute atomic E-state index is 0.187. The van der Waals surface area contributed by atoms with E-state index in [2.05, 4.69) is 10.6 Å². The van der Waals surface area contributed by atoms with Gasteiger partial charge in [-0.1, -0.05) is 13.8 Å². The highest BCUT2D eigenvalue weighted by atomic mass is 19.1. The van der Waals surface area contributed by atoms with Gasteiger partial charge < -0.3 is 15.7 Å². The lowest BCUT2D eigenvalue weighted by atomic mass is 9.98. The molecule has 0 saturated heterocycles. The van der Waals surface area contributed by atoms with Crippen LogP contribution in [0.1, 0.15) is 32.3 Å². The number of aryl methyl sites for hydroxylation is 1. The lowest BCUT2D eigenvalue weighted by Crippen LogP contribution is -2.43. The standard InChI is InChI=1S/C14H21FN2O2/c1-4-14(19,5-2)9-16-13(18)17-12-7-6-11(15)8-10(12)3/h6-8,19H,4-5,9H2,1-3H3,(H2,16,17,18). The molecule has 0 aliphatic rings. The third-order valence-corrected chi connectivity index (χ3v) is 3.33. The summed E-state index contributed by atoms with van der Waals surface area (Å²) in [4.78, 5) is 11.7. The summed E-state index contributed by atoms with van der Waals surface area (Å²) in [7, 11) is 0. The number of carbonyl (C=O) groups excluding carboxylic acids is 1. The molecule has 106 valence electrons. The average molecular weight is 268 g/mol. The molecule has 0 unspecified atom stereocenters. The van der Waals surface area contributed by atoms with Gasteiger partial charge in [0.2, 0.25) is 0 Å². The van der Waals surface area contributed by atoms with Gasteiger partial charge in [-0.3, -0.25) is 0 Å². The van der Waals surface area contributed by atoms with E-state index in [9.17, 15) is 14.3 Å². The van der Waals surface area contributed by atoms with Crippen molar-refractivity contribution >= 4 is 11.7 Å². The predicted octanol–water partition coefficient (Wildman–Crippen LogP) is 2.81. The summed E-state index contributed by atoms with van der Waals surface area (Å²) in [5, 5.41) is 15.3. The minimum atomic E-state index is -0.880. The molecule has 3 N–H and O–H groups in total. The van der Waals surface area contributed by atoms with Crippen LogP contribution in [-0.2, 0) is 0 Å². The van der Waals surface area contributed by atoms with Gasteiger partial charge in [-0.25, -0.2) is 9.18 Å². The minimum Gasteiger partial charge on any atom is -0.388 e. The van der Waals surface area contributed by atoms with E-state index in [-0.39, 0.29) is 12.4 Å².